The highest BCUT2D eigenvalue weighted by atomic mass is 35.5. The van der Waals surface area contributed by atoms with Gasteiger partial charge in [-0.1, -0.05) is 11.6 Å². The van der Waals surface area contributed by atoms with E-state index < -0.39 is 29.3 Å². The summed E-state index contributed by atoms with van der Waals surface area (Å²) in [6.07, 6.45) is -9.02. The Bertz CT molecular complexity index is 751. The van der Waals surface area contributed by atoms with Crippen molar-refractivity contribution in [2.45, 2.75) is 26.2 Å². The molecule has 0 unspecified atom stereocenters. The molecule has 0 spiro atoms. The lowest BCUT2D eigenvalue weighted by molar-refractivity contribution is -0.142. The summed E-state index contributed by atoms with van der Waals surface area (Å²) < 4.78 is 71.8. The van der Waals surface area contributed by atoms with Crippen LogP contribution in [0, 0.1) is 13.8 Å². The summed E-state index contributed by atoms with van der Waals surface area (Å²) in [7, 11) is 0. The van der Waals surface area contributed by atoms with Gasteiger partial charge in [-0.25, -0.2) is 15.0 Å². The van der Waals surface area contributed by atoms with Gasteiger partial charge in [0.15, 0.2) is 5.69 Å². The highest BCUT2D eigenvalue weighted by molar-refractivity contribution is 6.29. The normalized spacial score (nSPS) is 11.7. The number of nitrogens with one attached hydrogen (secondary N) is 1. The van der Waals surface area contributed by atoms with E-state index in [2.05, 4.69) is 19.9 Å². The summed E-state index contributed by atoms with van der Waals surface area (Å²) in [6.45, 7) is 2.64. The van der Waals surface area contributed by atoms with Crippen LogP contribution in [0.3, 0.4) is 0 Å². The number of aryl methyl sites for hydroxylation is 2. The standard InChI is InChI=1S/C6H4ClF3N2.C6H5F3N2O/c1-3-11-4(6(8,9)10)2-5(7)12-3;1-3-10-4(6(7,8)9)2-5(12)11-3/h2H,1H3;2H,1H3,(H,10,11,12). The highest BCUT2D eigenvalue weighted by Gasteiger charge is 2.33. The third-order valence-corrected chi connectivity index (χ3v) is 2.44. The fourth-order valence-electron chi connectivity index (χ4n) is 1.40. The van der Waals surface area contributed by atoms with Gasteiger partial charge in [-0.15, -0.1) is 0 Å². The van der Waals surface area contributed by atoms with Gasteiger partial charge in [-0.3, -0.25) is 4.79 Å². The van der Waals surface area contributed by atoms with Gasteiger partial charge in [-0.05, 0) is 13.8 Å². The Balaban J connectivity index is 0.000000240. The van der Waals surface area contributed by atoms with Gasteiger partial charge in [-0.2, -0.15) is 26.3 Å². The van der Waals surface area contributed by atoms with Crippen LogP contribution in [0.5, 0.6) is 0 Å². The van der Waals surface area contributed by atoms with Crippen LogP contribution in [0.15, 0.2) is 16.9 Å². The summed E-state index contributed by atoms with van der Waals surface area (Å²) in [6, 6.07) is 1.11. The molecule has 0 radical (unpaired) electrons. The summed E-state index contributed by atoms with van der Waals surface area (Å²) in [5.74, 6) is -0.0374. The molecule has 0 fully saturated rings. The summed E-state index contributed by atoms with van der Waals surface area (Å²) >= 11 is 5.31. The predicted molar refractivity (Wildman–Crippen MR) is 71.4 cm³/mol. The minimum atomic E-state index is -4.56. The minimum absolute atomic E-state index is 0.00910. The molecule has 0 bridgehead atoms. The van der Waals surface area contributed by atoms with Crippen molar-refractivity contribution in [3.63, 3.8) is 0 Å². The monoisotopic (exact) mass is 374 g/mol. The first-order valence-corrected chi connectivity index (χ1v) is 6.40. The van der Waals surface area contributed by atoms with Crippen LogP contribution in [0.1, 0.15) is 23.0 Å². The summed E-state index contributed by atoms with van der Waals surface area (Å²) in [5, 5.41) is -0.199. The third kappa shape index (κ3) is 6.14. The Morgan fingerprint density at radius 1 is 0.917 bits per heavy atom. The molecule has 0 aliphatic rings. The second-order valence-corrected chi connectivity index (χ2v) is 4.72. The van der Waals surface area contributed by atoms with Crippen molar-refractivity contribution in [2.24, 2.45) is 0 Å². The fraction of sp³-hybridized carbons (Fsp3) is 0.333. The minimum Gasteiger partial charge on any atom is -0.311 e. The van der Waals surface area contributed by atoms with Gasteiger partial charge in [0.1, 0.15) is 22.5 Å². The summed E-state index contributed by atoms with van der Waals surface area (Å²) in [4.78, 5) is 22.5. The molecule has 0 amide bonds. The van der Waals surface area contributed by atoms with Crippen LogP contribution in [-0.4, -0.2) is 19.9 Å². The second-order valence-electron chi connectivity index (χ2n) is 4.33. The van der Waals surface area contributed by atoms with E-state index in [9.17, 15) is 31.1 Å². The maximum atomic E-state index is 12.0. The van der Waals surface area contributed by atoms with E-state index in [-0.39, 0.29) is 16.8 Å². The number of alkyl halides is 6. The van der Waals surface area contributed by atoms with E-state index in [0.717, 1.165) is 0 Å². The van der Waals surface area contributed by atoms with Crippen LogP contribution in [0.4, 0.5) is 26.3 Å². The van der Waals surface area contributed by atoms with Crippen LogP contribution in [0.2, 0.25) is 5.15 Å². The maximum absolute atomic E-state index is 12.0. The van der Waals surface area contributed by atoms with Crippen LogP contribution in [0.25, 0.3) is 0 Å². The van der Waals surface area contributed by atoms with E-state index in [1.165, 1.54) is 13.8 Å². The van der Waals surface area contributed by atoms with Crippen molar-refractivity contribution in [3.05, 3.63) is 50.7 Å². The van der Waals surface area contributed by atoms with Crippen molar-refractivity contribution >= 4 is 11.6 Å². The van der Waals surface area contributed by atoms with Gasteiger partial charge >= 0.3 is 12.4 Å². The molecule has 5 nitrogen and oxygen atoms in total. The van der Waals surface area contributed by atoms with Crippen molar-refractivity contribution in [2.75, 3.05) is 0 Å². The highest BCUT2D eigenvalue weighted by Crippen LogP contribution is 2.28. The molecule has 2 rings (SSSR count). The molecule has 0 atom stereocenters. The maximum Gasteiger partial charge on any atom is 0.433 e. The van der Waals surface area contributed by atoms with Crippen molar-refractivity contribution < 1.29 is 26.3 Å². The molecular formula is C12H9ClF6N4O. The zero-order valence-electron chi connectivity index (χ0n) is 12.1. The topological polar surface area (TPSA) is 71.5 Å². The van der Waals surface area contributed by atoms with E-state index in [1.54, 1.807) is 0 Å². The summed E-state index contributed by atoms with van der Waals surface area (Å²) in [5.41, 5.74) is -2.97. The van der Waals surface area contributed by atoms with E-state index in [4.69, 9.17) is 11.6 Å². The first-order valence-electron chi connectivity index (χ1n) is 6.02. The Morgan fingerprint density at radius 2 is 1.42 bits per heavy atom. The first kappa shape index (κ1) is 19.9. The molecule has 2 aromatic heterocycles. The number of H-pyrrole nitrogens is 1. The fourth-order valence-corrected chi connectivity index (χ4v) is 1.63. The lowest BCUT2D eigenvalue weighted by Crippen LogP contribution is -2.16. The van der Waals surface area contributed by atoms with Crippen molar-refractivity contribution in [1.82, 2.24) is 19.9 Å². The van der Waals surface area contributed by atoms with E-state index in [1.807, 2.05) is 0 Å². The molecule has 2 aromatic rings. The molecule has 24 heavy (non-hydrogen) atoms. The number of nitrogens with zero attached hydrogens (tertiary/aromatic N) is 3. The molecule has 12 heteroatoms. The smallest absolute Gasteiger partial charge is 0.311 e. The van der Waals surface area contributed by atoms with E-state index >= 15 is 0 Å². The number of halogens is 7. The number of aromatic amines is 1. The molecule has 132 valence electrons. The van der Waals surface area contributed by atoms with Gasteiger partial charge in [0.2, 0.25) is 0 Å². The molecule has 0 aromatic carbocycles. The number of rotatable bonds is 0. The first-order chi connectivity index (χ1) is 10.8. The van der Waals surface area contributed by atoms with Crippen LogP contribution in [-0.2, 0) is 12.4 Å². The zero-order valence-corrected chi connectivity index (χ0v) is 12.8. The largest absolute Gasteiger partial charge is 0.433 e. The van der Waals surface area contributed by atoms with Gasteiger partial charge in [0.05, 0.1) is 0 Å². The second kappa shape index (κ2) is 7.16. The Morgan fingerprint density at radius 3 is 1.83 bits per heavy atom. The molecular weight excluding hydrogens is 366 g/mol. The molecule has 1 N–H and O–H groups in total. The van der Waals surface area contributed by atoms with Crippen LogP contribution < -0.4 is 5.56 Å². The Hall–Kier alpha value is -2.17. The lowest BCUT2D eigenvalue weighted by atomic mass is 10.4. The Labute approximate surface area is 135 Å². The molecule has 0 aliphatic heterocycles. The van der Waals surface area contributed by atoms with Gasteiger partial charge < -0.3 is 4.98 Å². The average molecular weight is 375 g/mol. The SMILES string of the molecule is Cc1nc(C(F)(F)F)cc(=O)[nH]1.Cc1nc(Cl)cc(C(F)(F)F)n1. The Kier molecular flexibility index (Phi) is 5.93. The quantitative estimate of drug-likeness (QED) is 0.565. The number of hydrogen-bond donors (Lipinski definition) is 1. The molecule has 0 saturated heterocycles. The molecule has 0 saturated carbocycles. The van der Waals surface area contributed by atoms with Gasteiger partial charge in [0, 0.05) is 12.1 Å². The average Bonchev–Trinajstić information content (AvgIpc) is 2.35. The van der Waals surface area contributed by atoms with E-state index in [0.29, 0.717) is 12.1 Å². The predicted octanol–water partition coefficient (Wildman–Crippen LogP) is 3.55. The van der Waals surface area contributed by atoms with Crippen LogP contribution >= 0.6 is 11.6 Å². The number of hydrogen-bond acceptors (Lipinski definition) is 4. The number of aromatic nitrogens is 4. The molecule has 0 aliphatic carbocycles. The lowest BCUT2D eigenvalue weighted by Gasteiger charge is -2.05. The van der Waals surface area contributed by atoms with Gasteiger partial charge in [0.25, 0.3) is 5.56 Å². The van der Waals surface area contributed by atoms with Crippen molar-refractivity contribution in [3.8, 4) is 0 Å². The zero-order chi connectivity index (χ0) is 18.7. The molecule has 2 heterocycles. The van der Waals surface area contributed by atoms with Crippen molar-refractivity contribution in [1.29, 1.82) is 0 Å². The third-order valence-electron chi connectivity index (χ3n) is 2.25.